The SMILES string of the molecule is CO[C@@]12C[C@H](O)[C@@H](C[C@@H]3C4=C(C(C)C)C(=O)C[C@]4(C)CC[C@]31C)O2. The molecule has 3 fully saturated rings. The van der Waals surface area contributed by atoms with E-state index in [0.29, 0.717) is 18.6 Å². The molecule has 2 aliphatic heterocycles. The van der Waals surface area contributed by atoms with E-state index >= 15 is 0 Å². The van der Waals surface area contributed by atoms with Gasteiger partial charge in [0.15, 0.2) is 11.6 Å². The average molecular weight is 334 g/mol. The Morgan fingerprint density at radius 1 is 1.29 bits per heavy atom. The van der Waals surface area contributed by atoms with Crippen molar-refractivity contribution >= 4 is 5.78 Å². The van der Waals surface area contributed by atoms with Crippen LogP contribution in [0.25, 0.3) is 0 Å². The van der Waals surface area contributed by atoms with Crippen molar-refractivity contribution in [3.05, 3.63) is 11.1 Å². The summed E-state index contributed by atoms with van der Waals surface area (Å²) in [6.45, 7) is 8.78. The summed E-state index contributed by atoms with van der Waals surface area (Å²) in [5.74, 6) is 0.122. The first-order valence-electron chi connectivity index (χ1n) is 9.36. The third-order valence-electron chi connectivity index (χ3n) is 7.60. The first-order valence-corrected chi connectivity index (χ1v) is 9.36. The Morgan fingerprint density at radius 2 is 2.00 bits per heavy atom. The summed E-state index contributed by atoms with van der Waals surface area (Å²) in [4.78, 5) is 12.8. The van der Waals surface area contributed by atoms with Crippen LogP contribution in [0.2, 0.25) is 0 Å². The van der Waals surface area contributed by atoms with Crippen LogP contribution in [0.5, 0.6) is 0 Å². The topological polar surface area (TPSA) is 55.8 Å². The van der Waals surface area contributed by atoms with Crippen LogP contribution in [-0.2, 0) is 14.3 Å². The lowest BCUT2D eigenvalue weighted by molar-refractivity contribution is -0.317. The number of Topliss-reactive ketones (excluding diaryl/α,β-unsaturated/α-hetero) is 1. The van der Waals surface area contributed by atoms with Crippen LogP contribution in [0.3, 0.4) is 0 Å². The second-order valence-electron chi connectivity index (χ2n) is 9.23. The van der Waals surface area contributed by atoms with Crippen molar-refractivity contribution < 1.29 is 19.4 Å². The van der Waals surface area contributed by atoms with Crippen LogP contribution in [0.1, 0.15) is 59.8 Å². The van der Waals surface area contributed by atoms with Gasteiger partial charge in [0.2, 0.25) is 0 Å². The molecule has 1 N–H and O–H groups in total. The number of carbonyl (C=O) groups is 1. The lowest BCUT2D eigenvalue weighted by atomic mass is 9.52. The fraction of sp³-hybridized carbons (Fsp3) is 0.850. The number of hydrogen-bond acceptors (Lipinski definition) is 4. The van der Waals surface area contributed by atoms with E-state index in [2.05, 4.69) is 27.7 Å². The number of ether oxygens (including phenoxy) is 2. The van der Waals surface area contributed by atoms with Crippen LogP contribution < -0.4 is 0 Å². The maximum Gasteiger partial charge on any atom is 0.176 e. The maximum atomic E-state index is 12.8. The van der Waals surface area contributed by atoms with Crippen molar-refractivity contribution in [1.29, 1.82) is 0 Å². The highest BCUT2D eigenvalue weighted by molar-refractivity contribution is 6.00. The molecule has 4 rings (SSSR count). The molecular formula is C20H30O4. The molecule has 4 nitrogen and oxygen atoms in total. The molecule has 4 heteroatoms. The van der Waals surface area contributed by atoms with E-state index < -0.39 is 11.9 Å². The van der Waals surface area contributed by atoms with E-state index in [-0.39, 0.29) is 28.8 Å². The summed E-state index contributed by atoms with van der Waals surface area (Å²) in [6, 6.07) is 0. The minimum atomic E-state index is -0.720. The van der Waals surface area contributed by atoms with E-state index in [0.717, 1.165) is 24.8 Å². The smallest absolute Gasteiger partial charge is 0.176 e. The third kappa shape index (κ3) is 1.83. The third-order valence-corrected chi connectivity index (χ3v) is 7.60. The molecule has 2 bridgehead atoms. The Bertz CT molecular complexity index is 619. The molecule has 2 saturated heterocycles. The van der Waals surface area contributed by atoms with Gasteiger partial charge in [-0.3, -0.25) is 4.79 Å². The Hall–Kier alpha value is -0.710. The number of aliphatic hydroxyl groups excluding tert-OH is 1. The normalized spacial score (nSPS) is 50.5. The van der Waals surface area contributed by atoms with Gasteiger partial charge < -0.3 is 14.6 Å². The standard InChI is InChI=1S/C20H30O4/c1-11(2)16-14(22)9-18(3)6-7-19(4)12(17(16)18)8-15-13(21)10-20(19,23-5)24-15/h11-13,15,21H,6-10H2,1-5H3/t12-,13+,15-,18+,19-,20-/m1/s1. The monoisotopic (exact) mass is 334 g/mol. The largest absolute Gasteiger partial charge is 0.390 e. The summed E-state index contributed by atoms with van der Waals surface area (Å²) in [6.07, 6.45) is 3.31. The quantitative estimate of drug-likeness (QED) is 0.842. The molecule has 0 aromatic heterocycles. The van der Waals surface area contributed by atoms with Crippen LogP contribution in [0, 0.1) is 22.7 Å². The fourth-order valence-electron chi connectivity index (χ4n) is 6.29. The number of aliphatic hydroxyl groups is 1. The number of hydrogen-bond donors (Lipinski definition) is 1. The van der Waals surface area contributed by atoms with Crippen molar-refractivity contribution in [1.82, 2.24) is 0 Å². The molecule has 0 aromatic rings. The zero-order valence-electron chi connectivity index (χ0n) is 15.5. The molecule has 6 atom stereocenters. The maximum absolute atomic E-state index is 12.8. The van der Waals surface area contributed by atoms with Crippen molar-refractivity contribution in [2.24, 2.45) is 22.7 Å². The molecule has 4 aliphatic rings. The average Bonchev–Trinajstić information content (AvgIpc) is 2.95. The fourth-order valence-corrected chi connectivity index (χ4v) is 6.29. The lowest BCUT2D eigenvalue weighted by Crippen LogP contribution is -2.59. The number of ketones is 1. The van der Waals surface area contributed by atoms with E-state index in [4.69, 9.17) is 9.47 Å². The molecule has 24 heavy (non-hydrogen) atoms. The number of fused-ring (bicyclic) bond motifs is 6. The molecule has 2 heterocycles. The van der Waals surface area contributed by atoms with Gasteiger partial charge in [0.25, 0.3) is 0 Å². The van der Waals surface area contributed by atoms with Gasteiger partial charge in [0.1, 0.15) is 0 Å². The minimum Gasteiger partial charge on any atom is -0.390 e. The predicted octanol–water partition coefficient (Wildman–Crippen LogP) is 3.23. The van der Waals surface area contributed by atoms with Crippen molar-refractivity contribution in [3.8, 4) is 0 Å². The molecule has 0 spiro atoms. The second-order valence-corrected chi connectivity index (χ2v) is 9.23. The summed E-state index contributed by atoms with van der Waals surface area (Å²) in [7, 11) is 1.70. The molecule has 0 aromatic carbocycles. The van der Waals surface area contributed by atoms with E-state index in [1.54, 1.807) is 7.11 Å². The van der Waals surface area contributed by atoms with Gasteiger partial charge in [-0.1, -0.05) is 33.3 Å². The van der Waals surface area contributed by atoms with Gasteiger partial charge in [-0.2, -0.15) is 0 Å². The van der Waals surface area contributed by atoms with Gasteiger partial charge in [0.05, 0.1) is 12.2 Å². The van der Waals surface area contributed by atoms with Gasteiger partial charge in [-0.15, -0.1) is 0 Å². The van der Waals surface area contributed by atoms with Crippen molar-refractivity contribution in [2.75, 3.05) is 7.11 Å². The minimum absolute atomic E-state index is 0.0163. The zero-order valence-corrected chi connectivity index (χ0v) is 15.5. The van der Waals surface area contributed by atoms with E-state index in [9.17, 15) is 9.90 Å². The molecule has 0 amide bonds. The number of allylic oxidation sites excluding steroid dienone is 2. The zero-order chi connectivity index (χ0) is 17.5. The van der Waals surface area contributed by atoms with E-state index in [1.165, 1.54) is 5.57 Å². The highest BCUT2D eigenvalue weighted by Gasteiger charge is 2.69. The molecule has 134 valence electrons. The van der Waals surface area contributed by atoms with Gasteiger partial charge in [0, 0.05) is 25.4 Å². The summed E-state index contributed by atoms with van der Waals surface area (Å²) in [5.41, 5.74) is 2.21. The predicted molar refractivity (Wildman–Crippen MR) is 90.3 cm³/mol. The van der Waals surface area contributed by atoms with E-state index in [1.807, 2.05) is 0 Å². The van der Waals surface area contributed by atoms with Crippen molar-refractivity contribution in [2.45, 2.75) is 77.8 Å². The second kappa shape index (κ2) is 4.93. The first-order chi connectivity index (χ1) is 11.2. The molecule has 0 radical (unpaired) electrons. The Morgan fingerprint density at radius 3 is 2.62 bits per heavy atom. The van der Waals surface area contributed by atoms with Crippen LogP contribution >= 0.6 is 0 Å². The number of carbonyl (C=O) groups excluding carboxylic acids is 1. The molecule has 2 aliphatic carbocycles. The number of methoxy groups -OCH3 is 1. The van der Waals surface area contributed by atoms with Gasteiger partial charge >= 0.3 is 0 Å². The molecule has 1 saturated carbocycles. The Balaban J connectivity index is 1.90. The lowest BCUT2D eigenvalue weighted by Gasteiger charge is -2.58. The Labute approximate surface area is 144 Å². The van der Waals surface area contributed by atoms with Crippen LogP contribution in [0.4, 0.5) is 0 Å². The van der Waals surface area contributed by atoms with Crippen molar-refractivity contribution in [3.63, 3.8) is 0 Å². The summed E-state index contributed by atoms with van der Waals surface area (Å²) in [5, 5.41) is 10.5. The van der Waals surface area contributed by atoms with Crippen LogP contribution in [0.15, 0.2) is 11.1 Å². The molecule has 0 unspecified atom stereocenters. The highest BCUT2D eigenvalue weighted by Crippen LogP contribution is 2.68. The highest BCUT2D eigenvalue weighted by atomic mass is 16.7. The van der Waals surface area contributed by atoms with Gasteiger partial charge in [-0.05, 0) is 42.1 Å². The van der Waals surface area contributed by atoms with Crippen LogP contribution in [-0.4, -0.2) is 36.0 Å². The van der Waals surface area contributed by atoms with Gasteiger partial charge in [-0.25, -0.2) is 0 Å². The Kier molecular flexibility index (Phi) is 3.44. The first kappa shape index (κ1) is 16.7. The molecular weight excluding hydrogens is 304 g/mol. The summed E-state index contributed by atoms with van der Waals surface area (Å²) < 4.78 is 12.2. The summed E-state index contributed by atoms with van der Waals surface area (Å²) >= 11 is 0. The number of rotatable bonds is 2.